The van der Waals surface area contributed by atoms with Crippen molar-refractivity contribution in [2.45, 2.75) is 44.9 Å². The minimum Gasteiger partial charge on any atom is -0.393 e. The fourth-order valence-corrected chi connectivity index (χ4v) is 3.74. The van der Waals surface area contributed by atoms with Crippen molar-refractivity contribution in [2.24, 2.45) is 5.92 Å². The van der Waals surface area contributed by atoms with Gasteiger partial charge in [-0.05, 0) is 36.8 Å². The molecule has 1 fully saturated rings. The van der Waals surface area contributed by atoms with Crippen molar-refractivity contribution in [1.29, 1.82) is 0 Å². The number of urea groups is 1. The standard InChI is InChI=1S/C18H26N2O3/c1-12-9-14-5-3-4-6-16(14)17(12)19-18(22)20-7-8-23-11-15(20)10-13(2)21/h3-6,12-13,15,17,21H,7-11H2,1-2H3,(H,19,22)/t12-,13+,15-,17-/m1/s1. The Hall–Kier alpha value is -1.59. The van der Waals surface area contributed by atoms with E-state index >= 15 is 0 Å². The molecule has 1 heterocycles. The van der Waals surface area contributed by atoms with Gasteiger partial charge in [-0.2, -0.15) is 0 Å². The van der Waals surface area contributed by atoms with Crippen LogP contribution in [0, 0.1) is 5.92 Å². The zero-order valence-electron chi connectivity index (χ0n) is 13.9. The van der Waals surface area contributed by atoms with Crippen molar-refractivity contribution in [1.82, 2.24) is 10.2 Å². The Labute approximate surface area is 137 Å². The fraction of sp³-hybridized carbons (Fsp3) is 0.611. The Balaban J connectivity index is 1.70. The Morgan fingerprint density at radius 3 is 3.04 bits per heavy atom. The first kappa shape index (κ1) is 16.3. The van der Waals surface area contributed by atoms with Crippen molar-refractivity contribution in [3.8, 4) is 0 Å². The number of carbonyl (C=O) groups is 1. The van der Waals surface area contributed by atoms with Crippen LogP contribution in [0.2, 0.25) is 0 Å². The molecule has 23 heavy (non-hydrogen) atoms. The zero-order valence-corrected chi connectivity index (χ0v) is 13.9. The molecule has 0 spiro atoms. The number of carbonyl (C=O) groups excluding carboxylic acids is 1. The number of ether oxygens (including phenoxy) is 1. The van der Waals surface area contributed by atoms with Crippen LogP contribution in [-0.4, -0.2) is 47.9 Å². The van der Waals surface area contributed by atoms with E-state index in [1.54, 1.807) is 6.92 Å². The molecule has 1 aromatic rings. The van der Waals surface area contributed by atoms with Crippen LogP contribution in [0.3, 0.4) is 0 Å². The van der Waals surface area contributed by atoms with Crippen molar-refractivity contribution < 1.29 is 14.6 Å². The molecule has 0 unspecified atom stereocenters. The van der Waals surface area contributed by atoms with Gasteiger partial charge >= 0.3 is 6.03 Å². The normalized spacial score (nSPS) is 28.3. The molecule has 2 amide bonds. The quantitative estimate of drug-likeness (QED) is 0.897. The topological polar surface area (TPSA) is 61.8 Å². The van der Waals surface area contributed by atoms with Crippen LogP contribution in [0.4, 0.5) is 4.79 Å². The van der Waals surface area contributed by atoms with Crippen molar-refractivity contribution in [3.63, 3.8) is 0 Å². The molecule has 126 valence electrons. The second-order valence-electron chi connectivity index (χ2n) is 6.81. The molecule has 1 saturated heterocycles. The Kier molecular flexibility index (Phi) is 4.87. The van der Waals surface area contributed by atoms with Crippen molar-refractivity contribution in [3.05, 3.63) is 35.4 Å². The van der Waals surface area contributed by atoms with Gasteiger partial charge in [0.25, 0.3) is 0 Å². The summed E-state index contributed by atoms with van der Waals surface area (Å²) < 4.78 is 5.48. The lowest BCUT2D eigenvalue weighted by Gasteiger charge is -2.37. The zero-order chi connectivity index (χ0) is 16.4. The second kappa shape index (κ2) is 6.89. The molecule has 1 aromatic carbocycles. The maximum atomic E-state index is 12.8. The maximum absolute atomic E-state index is 12.8. The van der Waals surface area contributed by atoms with E-state index in [9.17, 15) is 9.90 Å². The van der Waals surface area contributed by atoms with Gasteiger partial charge < -0.3 is 20.1 Å². The van der Waals surface area contributed by atoms with Gasteiger partial charge in [-0.1, -0.05) is 31.2 Å². The number of benzene rings is 1. The van der Waals surface area contributed by atoms with Crippen LogP contribution in [0.1, 0.15) is 37.4 Å². The third-order valence-electron chi connectivity index (χ3n) is 4.88. The lowest BCUT2D eigenvalue weighted by Crippen LogP contribution is -2.54. The van der Waals surface area contributed by atoms with E-state index in [1.165, 1.54) is 11.1 Å². The van der Waals surface area contributed by atoms with Crippen LogP contribution in [0.15, 0.2) is 24.3 Å². The Morgan fingerprint density at radius 1 is 1.48 bits per heavy atom. The number of aliphatic hydroxyl groups excluding tert-OH is 1. The molecule has 5 heteroatoms. The third-order valence-corrected chi connectivity index (χ3v) is 4.88. The van der Waals surface area contributed by atoms with Crippen molar-refractivity contribution >= 4 is 6.03 Å². The Bertz CT molecular complexity index is 561. The molecule has 1 aliphatic heterocycles. The van der Waals surface area contributed by atoms with Crippen LogP contribution in [-0.2, 0) is 11.2 Å². The summed E-state index contributed by atoms with van der Waals surface area (Å²) in [7, 11) is 0. The predicted molar refractivity (Wildman–Crippen MR) is 88.2 cm³/mol. The maximum Gasteiger partial charge on any atom is 0.318 e. The first-order chi connectivity index (χ1) is 11.1. The molecule has 0 aromatic heterocycles. The first-order valence-corrected chi connectivity index (χ1v) is 8.47. The number of hydrogen-bond donors (Lipinski definition) is 2. The van der Waals surface area contributed by atoms with E-state index < -0.39 is 6.10 Å². The van der Waals surface area contributed by atoms with Gasteiger partial charge in [0.1, 0.15) is 0 Å². The van der Waals surface area contributed by atoms with Crippen LogP contribution in [0.25, 0.3) is 0 Å². The molecule has 2 N–H and O–H groups in total. The number of hydrogen-bond acceptors (Lipinski definition) is 3. The lowest BCUT2D eigenvalue weighted by molar-refractivity contribution is -0.00507. The van der Waals surface area contributed by atoms with Gasteiger partial charge in [-0.15, -0.1) is 0 Å². The highest BCUT2D eigenvalue weighted by atomic mass is 16.5. The minimum absolute atomic E-state index is 0.0486. The average molecular weight is 318 g/mol. The summed E-state index contributed by atoms with van der Waals surface area (Å²) >= 11 is 0. The first-order valence-electron chi connectivity index (χ1n) is 8.47. The highest BCUT2D eigenvalue weighted by Gasteiger charge is 2.34. The summed E-state index contributed by atoms with van der Waals surface area (Å²) in [6.45, 7) is 5.55. The number of aliphatic hydroxyl groups is 1. The number of fused-ring (bicyclic) bond motifs is 1. The van der Waals surface area contributed by atoms with Crippen LogP contribution >= 0.6 is 0 Å². The number of amides is 2. The molecule has 2 aliphatic rings. The highest BCUT2D eigenvalue weighted by Crippen LogP contribution is 2.35. The third kappa shape index (κ3) is 3.51. The number of rotatable bonds is 3. The largest absolute Gasteiger partial charge is 0.393 e. The molecular formula is C18H26N2O3. The van der Waals surface area contributed by atoms with Crippen LogP contribution in [0.5, 0.6) is 0 Å². The monoisotopic (exact) mass is 318 g/mol. The predicted octanol–water partition coefficient (Wildman–Crippen LogP) is 2.10. The summed E-state index contributed by atoms with van der Waals surface area (Å²) in [6, 6.07) is 8.29. The summed E-state index contributed by atoms with van der Waals surface area (Å²) in [5, 5.41) is 12.9. The summed E-state index contributed by atoms with van der Waals surface area (Å²) in [5.74, 6) is 0.396. The van der Waals surface area contributed by atoms with E-state index in [-0.39, 0.29) is 18.1 Å². The molecule has 4 atom stereocenters. The smallest absolute Gasteiger partial charge is 0.318 e. The number of nitrogens with one attached hydrogen (secondary N) is 1. The number of nitrogens with zero attached hydrogens (tertiary/aromatic N) is 1. The van der Waals surface area contributed by atoms with Gasteiger partial charge in [-0.3, -0.25) is 0 Å². The van der Waals surface area contributed by atoms with E-state index in [0.717, 1.165) is 6.42 Å². The molecule has 5 nitrogen and oxygen atoms in total. The van der Waals surface area contributed by atoms with E-state index in [1.807, 2.05) is 11.0 Å². The average Bonchev–Trinajstić information content (AvgIpc) is 2.83. The van der Waals surface area contributed by atoms with E-state index in [4.69, 9.17) is 4.74 Å². The molecule has 3 rings (SSSR count). The van der Waals surface area contributed by atoms with Gasteiger partial charge in [0.05, 0.1) is 31.4 Å². The van der Waals surface area contributed by atoms with Gasteiger partial charge in [0.2, 0.25) is 0 Å². The lowest BCUT2D eigenvalue weighted by atomic mass is 10.0. The molecule has 0 bridgehead atoms. The second-order valence-corrected chi connectivity index (χ2v) is 6.81. The van der Waals surface area contributed by atoms with Crippen LogP contribution < -0.4 is 5.32 Å². The fourth-order valence-electron chi connectivity index (χ4n) is 3.74. The highest BCUT2D eigenvalue weighted by molar-refractivity contribution is 5.75. The summed E-state index contributed by atoms with van der Waals surface area (Å²) in [6.07, 6.45) is 1.11. The number of morpholine rings is 1. The van der Waals surface area contributed by atoms with Gasteiger partial charge in [0.15, 0.2) is 0 Å². The van der Waals surface area contributed by atoms with Gasteiger partial charge in [-0.25, -0.2) is 4.79 Å². The Morgan fingerprint density at radius 2 is 2.26 bits per heavy atom. The summed E-state index contributed by atoms with van der Waals surface area (Å²) in [5.41, 5.74) is 2.56. The minimum atomic E-state index is -0.442. The van der Waals surface area contributed by atoms with Gasteiger partial charge in [0, 0.05) is 6.54 Å². The SMILES string of the molecule is C[C@H](O)C[C@@H]1COCCN1C(=O)N[C@H]1c2ccccc2C[C@H]1C. The van der Waals surface area contributed by atoms with Crippen molar-refractivity contribution in [2.75, 3.05) is 19.8 Å². The summed E-state index contributed by atoms with van der Waals surface area (Å²) in [4.78, 5) is 14.6. The molecule has 1 aliphatic carbocycles. The molecular weight excluding hydrogens is 292 g/mol. The van der Waals surface area contributed by atoms with E-state index in [0.29, 0.717) is 32.1 Å². The molecule has 0 radical (unpaired) electrons. The molecule has 0 saturated carbocycles. The van der Waals surface area contributed by atoms with E-state index in [2.05, 4.69) is 30.4 Å².